The number of alkyl halides is 1. The van der Waals surface area contributed by atoms with Crippen LogP contribution in [-0.2, 0) is 4.79 Å². The Bertz CT molecular complexity index is 175. The van der Waals surface area contributed by atoms with E-state index in [0.29, 0.717) is 0 Å². The van der Waals surface area contributed by atoms with E-state index in [9.17, 15) is 14.3 Å². The lowest BCUT2D eigenvalue weighted by Crippen LogP contribution is -2.43. The van der Waals surface area contributed by atoms with Gasteiger partial charge in [-0.1, -0.05) is 0 Å². The molecule has 0 aromatic rings. The third kappa shape index (κ3) is 1.50. The Hall–Kier alpha value is -0.640. The molecule has 64 valence electrons. The van der Waals surface area contributed by atoms with Crippen LogP contribution < -0.4 is 0 Å². The molecule has 2 unspecified atom stereocenters. The summed E-state index contributed by atoms with van der Waals surface area (Å²) in [4.78, 5) is 10.1. The lowest BCUT2D eigenvalue weighted by Gasteiger charge is -2.23. The van der Waals surface area contributed by atoms with E-state index in [1.54, 1.807) is 0 Å². The molecule has 3 nitrogen and oxygen atoms in total. The molecule has 0 spiro atoms. The Balaban J connectivity index is 2.61. The highest BCUT2D eigenvalue weighted by atomic mass is 19.1. The van der Waals surface area contributed by atoms with Crippen molar-refractivity contribution in [3.8, 4) is 0 Å². The normalized spacial score (nSPS) is 25.7. The maximum atomic E-state index is 12.7. The summed E-state index contributed by atoms with van der Waals surface area (Å²) in [5.41, 5.74) is -1.67. The molecule has 2 atom stereocenters. The van der Waals surface area contributed by atoms with Crippen molar-refractivity contribution in [3.63, 3.8) is 0 Å². The zero-order chi connectivity index (χ0) is 8.65. The Morgan fingerprint density at radius 3 is 2.45 bits per heavy atom. The minimum absolute atomic E-state index is 0.173. The topological polar surface area (TPSA) is 57.5 Å². The molecular weight excluding hydrogens is 151 g/mol. The van der Waals surface area contributed by atoms with E-state index < -0.39 is 17.7 Å². The second-order valence-corrected chi connectivity index (χ2v) is 3.20. The standard InChI is InChI=1S/C7H11FO3/c1-7(11,4-2-3-4)5(8)6(9)10/h4-5,11H,2-3H2,1H3,(H,9,10). The van der Waals surface area contributed by atoms with Gasteiger partial charge in [0.05, 0.1) is 0 Å². The van der Waals surface area contributed by atoms with E-state index >= 15 is 0 Å². The molecule has 2 N–H and O–H groups in total. The SMILES string of the molecule is CC(O)(C1CC1)C(F)C(=O)O. The number of carboxylic acids is 1. The van der Waals surface area contributed by atoms with Gasteiger partial charge in [-0.15, -0.1) is 0 Å². The summed E-state index contributed by atoms with van der Waals surface area (Å²) in [6.07, 6.45) is -0.712. The Labute approximate surface area is 63.8 Å². The molecule has 0 aliphatic heterocycles. The molecule has 0 amide bonds. The molecule has 1 fully saturated rings. The van der Waals surface area contributed by atoms with Crippen molar-refractivity contribution in [1.82, 2.24) is 0 Å². The largest absolute Gasteiger partial charge is 0.479 e. The average Bonchev–Trinajstić information content (AvgIpc) is 2.66. The quantitative estimate of drug-likeness (QED) is 0.637. The molecule has 0 heterocycles. The van der Waals surface area contributed by atoms with E-state index in [1.165, 1.54) is 6.92 Å². The van der Waals surface area contributed by atoms with Gasteiger partial charge >= 0.3 is 5.97 Å². The van der Waals surface area contributed by atoms with Crippen LogP contribution in [-0.4, -0.2) is 28.0 Å². The zero-order valence-electron chi connectivity index (χ0n) is 6.25. The van der Waals surface area contributed by atoms with Crippen molar-refractivity contribution in [1.29, 1.82) is 0 Å². The first-order chi connectivity index (χ1) is 4.96. The highest BCUT2D eigenvalue weighted by Gasteiger charge is 2.49. The Morgan fingerprint density at radius 2 is 2.18 bits per heavy atom. The third-order valence-electron chi connectivity index (χ3n) is 2.13. The number of carbonyl (C=O) groups is 1. The van der Waals surface area contributed by atoms with Gasteiger partial charge in [0.15, 0.2) is 0 Å². The number of aliphatic hydroxyl groups is 1. The number of rotatable bonds is 3. The molecule has 0 aromatic carbocycles. The molecule has 1 aliphatic carbocycles. The predicted molar refractivity (Wildman–Crippen MR) is 35.9 cm³/mol. The van der Waals surface area contributed by atoms with Gasteiger partial charge in [0.2, 0.25) is 6.17 Å². The molecular formula is C7H11FO3. The first kappa shape index (κ1) is 8.46. The van der Waals surface area contributed by atoms with Gasteiger partial charge in [-0.25, -0.2) is 9.18 Å². The van der Waals surface area contributed by atoms with Crippen LogP contribution in [0.15, 0.2) is 0 Å². The Kier molecular flexibility index (Phi) is 1.88. The number of halogens is 1. The van der Waals surface area contributed by atoms with E-state index in [0.717, 1.165) is 12.8 Å². The van der Waals surface area contributed by atoms with Crippen LogP contribution in [0.3, 0.4) is 0 Å². The number of hydrogen-bond donors (Lipinski definition) is 2. The minimum Gasteiger partial charge on any atom is -0.479 e. The fourth-order valence-corrected chi connectivity index (χ4v) is 1.12. The van der Waals surface area contributed by atoms with Crippen molar-refractivity contribution in [2.45, 2.75) is 31.5 Å². The smallest absolute Gasteiger partial charge is 0.341 e. The van der Waals surface area contributed by atoms with E-state index in [-0.39, 0.29) is 5.92 Å². The fourth-order valence-electron chi connectivity index (χ4n) is 1.12. The van der Waals surface area contributed by atoms with Crippen molar-refractivity contribution in [2.24, 2.45) is 5.92 Å². The number of hydrogen-bond acceptors (Lipinski definition) is 2. The molecule has 0 bridgehead atoms. The molecule has 0 aromatic heterocycles. The number of carboxylic acid groups (broad SMARTS) is 1. The molecule has 1 aliphatic rings. The summed E-state index contributed by atoms with van der Waals surface area (Å²) in [5.74, 6) is -1.75. The Morgan fingerprint density at radius 1 is 1.73 bits per heavy atom. The van der Waals surface area contributed by atoms with Crippen LogP contribution in [0.25, 0.3) is 0 Å². The fraction of sp³-hybridized carbons (Fsp3) is 0.857. The van der Waals surface area contributed by atoms with E-state index in [4.69, 9.17) is 5.11 Å². The van der Waals surface area contributed by atoms with Gasteiger partial charge < -0.3 is 10.2 Å². The zero-order valence-corrected chi connectivity index (χ0v) is 6.25. The van der Waals surface area contributed by atoms with E-state index in [2.05, 4.69) is 0 Å². The highest BCUT2D eigenvalue weighted by Crippen LogP contribution is 2.42. The van der Waals surface area contributed by atoms with Gasteiger partial charge in [0.25, 0.3) is 0 Å². The summed E-state index contributed by atoms with van der Waals surface area (Å²) >= 11 is 0. The molecule has 0 radical (unpaired) electrons. The summed E-state index contributed by atoms with van der Waals surface area (Å²) in [6, 6.07) is 0. The molecule has 4 heteroatoms. The van der Waals surface area contributed by atoms with Gasteiger partial charge in [0.1, 0.15) is 5.60 Å². The van der Waals surface area contributed by atoms with Gasteiger partial charge in [-0.2, -0.15) is 0 Å². The first-order valence-electron chi connectivity index (χ1n) is 3.55. The van der Waals surface area contributed by atoms with Gasteiger partial charge in [0, 0.05) is 0 Å². The van der Waals surface area contributed by atoms with Crippen molar-refractivity contribution < 1.29 is 19.4 Å². The maximum Gasteiger partial charge on any atom is 0.341 e. The van der Waals surface area contributed by atoms with Crippen LogP contribution in [0.5, 0.6) is 0 Å². The van der Waals surface area contributed by atoms with Crippen molar-refractivity contribution in [2.75, 3.05) is 0 Å². The number of aliphatic carboxylic acids is 1. The summed E-state index contributed by atoms with van der Waals surface area (Å²) < 4.78 is 12.7. The maximum absolute atomic E-state index is 12.7. The predicted octanol–water partition coefficient (Wildman–Crippen LogP) is 0.570. The second-order valence-electron chi connectivity index (χ2n) is 3.20. The molecule has 0 saturated heterocycles. The first-order valence-corrected chi connectivity index (χ1v) is 3.55. The van der Waals surface area contributed by atoms with Crippen LogP contribution in [0.1, 0.15) is 19.8 Å². The molecule has 11 heavy (non-hydrogen) atoms. The average molecular weight is 162 g/mol. The van der Waals surface area contributed by atoms with E-state index in [1.807, 2.05) is 0 Å². The third-order valence-corrected chi connectivity index (χ3v) is 2.13. The second kappa shape index (κ2) is 2.44. The van der Waals surface area contributed by atoms with Crippen LogP contribution >= 0.6 is 0 Å². The van der Waals surface area contributed by atoms with Crippen molar-refractivity contribution in [3.05, 3.63) is 0 Å². The van der Waals surface area contributed by atoms with Gasteiger partial charge in [-0.3, -0.25) is 0 Å². The van der Waals surface area contributed by atoms with Crippen LogP contribution in [0.4, 0.5) is 4.39 Å². The van der Waals surface area contributed by atoms with Gasteiger partial charge in [-0.05, 0) is 25.7 Å². The lowest BCUT2D eigenvalue weighted by atomic mass is 9.95. The summed E-state index contributed by atoms with van der Waals surface area (Å²) in [6.45, 7) is 1.24. The monoisotopic (exact) mass is 162 g/mol. The molecule has 1 saturated carbocycles. The van der Waals surface area contributed by atoms with Crippen molar-refractivity contribution >= 4 is 5.97 Å². The lowest BCUT2D eigenvalue weighted by molar-refractivity contribution is -0.154. The van der Waals surface area contributed by atoms with Crippen LogP contribution in [0, 0.1) is 5.92 Å². The summed E-state index contributed by atoms with van der Waals surface area (Å²) in [5, 5.41) is 17.6. The van der Waals surface area contributed by atoms with Crippen LogP contribution in [0.2, 0.25) is 0 Å². The minimum atomic E-state index is -2.16. The summed E-state index contributed by atoms with van der Waals surface area (Å²) in [7, 11) is 0. The highest BCUT2D eigenvalue weighted by molar-refractivity contribution is 5.73. The molecule has 1 rings (SSSR count).